The number of hydrogen-bond donors (Lipinski definition) is 0. The van der Waals surface area contributed by atoms with E-state index < -0.39 is 0 Å². The van der Waals surface area contributed by atoms with Crippen LogP contribution in [0.3, 0.4) is 0 Å². The van der Waals surface area contributed by atoms with Gasteiger partial charge in [0.2, 0.25) is 0 Å². The van der Waals surface area contributed by atoms with Crippen molar-refractivity contribution in [2.45, 2.75) is 6.92 Å². The van der Waals surface area contributed by atoms with E-state index in [0.29, 0.717) is 6.61 Å². The summed E-state index contributed by atoms with van der Waals surface area (Å²) in [7, 11) is 1.67. The topological polar surface area (TPSA) is 24.9 Å². The van der Waals surface area contributed by atoms with Gasteiger partial charge in [-0.2, -0.15) is 0 Å². The van der Waals surface area contributed by atoms with Gasteiger partial charge in [-0.15, -0.1) is 0 Å². The van der Waals surface area contributed by atoms with Gasteiger partial charge in [-0.25, -0.2) is 0 Å². The highest BCUT2D eigenvalue weighted by Gasteiger charge is 2.18. The molecule has 0 aromatic heterocycles. The van der Waals surface area contributed by atoms with Gasteiger partial charge in [-0.1, -0.05) is 30.3 Å². The minimum absolute atomic E-state index is 0.685. The Labute approximate surface area is 144 Å². The van der Waals surface area contributed by atoms with Crippen molar-refractivity contribution in [3.05, 3.63) is 54.1 Å². The van der Waals surface area contributed by atoms with Gasteiger partial charge in [-0.3, -0.25) is 4.90 Å². The molecular formula is C20H26N2O2. The molecule has 0 N–H and O–H groups in total. The van der Waals surface area contributed by atoms with Crippen LogP contribution >= 0.6 is 0 Å². The van der Waals surface area contributed by atoms with Gasteiger partial charge >= 0.3 is 0 Å². The maximum absolute atomic E-state index is 5.88. The Morgan fingerprint density at radius 1 is 0.875 bits per heavy atom. The molecule has 1 aliphatic heterocycles. The minimum Gasteiger partial charge on any atom is -0.493 e. The Bertz CT molecular complexity index is 652. The van der Waals surface area contributed by atoms with Crippen LogP contribution in [0.1, 0.15) is 5.56 Å². The van der Waals surface area contributed by atoms with E-state index >= 15 is 0 Å². The molecule has 0 atom stereocenters. The summed E-state index contributed by atoms with van der Waals surface area (Å²) < 4.78 is 11.2. The smallest absolute Gasteiger partial charge is 0.161 e. The number of anilines is 1. The number of rotatable bonds is 6. The van der Waals surface area contributed by atoms with Crippen molar-refractivity contribution in [2.75, 3.05) is 51.3 Å². The standard InChI is InChI=1S/C20H26N2O2/c1-17-7-3-4-8-18(17)22-13-11-21(12-14-22)15-16-24-20-10-6-5-9-19(20)23-2/h3-10H,11-16H2,1-2H3. The minimum atomic E-state index is 0.685. The van der Waals surface area contributed by atoms with Crippen molar-refractivity contribution in [2.24, 2.45) is 0 Å². The molecule has 1 fully saturated rings. The molecule has 1 saturated heterocycles. The highest BCUT2D eigenvalue weighted by Crippen LogP contribution is 2.25. The van der Waals surface area contributed by atoms with E-state index in [2.05, 4.69) is 41.0 Å². The Kier molecular flexibility index (Phi) is 5.59. The molecule has 0 radical (unpaired) electrons. The van der Waals surface area contributed by atoms with Crippen LogP contribution in [0.15, 0.2) is 48.5 Å². The zero-order chi connectivity index (χ0) is 16.8. The largest absolute Gasteiger partial charge is 0.493 e. The highest BCUT2D eigenvalue weighted by molar-refractivity contribution is 5.53. The molecular weight excluding hydrogens is 300 g/mol. The summed E-state index contributed by atoms with van der Waals surface area (Å²) in [6, 6.07) is 16.4. The Morgan fingerprint density at radius 3 is 2.25 bits per heavy atom. The predicted molar refractivity (Wildman–Crippen MR) is 98.3 cm³/mol. The molecule has 2 aromatic rings. The number of aryl methyl sites for hydroxylation is 1. The fourth-order valence-corrected chi connectivity index (χ4v) is 3.15. The van der Waals surface area contributed by atoms with Crippen LogP contribution in [-0.4, -0.2) is 51.3 Å². The van der Waals surface area contributed by atoms with Crippen LogP contribution < -0.4 is 14.4 Å². The van der Waals surface area contributed by atoms with Gasteiger partial charge < -0.3 is 14.4 Å². The van der Waals surface area contributed by atoms with Crippen LogP contribution in [0, 0.1) is 6.92 Å². The average molecular weight is 326 g/mol. The summed E-state index contributed by atoms with van der Waals surface area (Å²) >= 11 is 0. The van der Waals surface area contributed by atoms with E-state index in [0.717, 1.165) is 44.2 Å². The van der Waals surface area contributed by atoms with Crippen molar-refractivity contribution in [3.8, 4) is 11.5 Å². The van der Waals surface area contributed by atoms with Gasteiger partial charge in [0, 0.05) is 38.4 Å². The molecule has 4 nitrogen and oxygen atoms in total. The number of para-hydroxylation sites is 3. The van der Waals surface area contributed by atoms with E-state index in [1.165, 1.54) is 11.3 Å². The van der Waals surface area contributed by atoms with Gasteiger partial charge in [0.05, 0.1) is 7.11 Å². The maximum Gasteiger partial charge on any atom is 0.161 e. The first-order chi connectivity index (χ1) is 11.8. The van der Waals surface area contributed by atoms with Crippen molar-refractivity contribution in [3.63, 3.8) is 0 Å². The van der Waals surface area contributed by atoms with Crippen molar-refractivity contribution in [1.82, 2.24) is 4.90 Å². The van der Waals surface area contributed by atoms with Crippen LogP contribution in [0.5, 0.6) is 11.5 Å². The summed E-state index contributed by atoms with van der Waals surface area (Å²) in [5.41, 5.74) is 2.72. The molecule has 0 spiro atoms. The number of methoxy groups -OCH3 is 1. The van der Waals surface area contributed by atoms with Crippen molar-refractivity contribution >= 4 is 5.69 Å². The zero-order valence-electron chi connectivity index (χ0n) is 14.6. The molecule has 0 amide bonds. The maximum atomic E-state index is 5.88. The van der Waals surface area contributed by atoms with Crippen LogP contribution in [0.4, 0.5) is 5.69 Å². The Hall–Kier alpha value is -2.20. The normalized spacial score (nSPS) is 15.3. The second-order valence-electron chi connectivity index (χ2n) is 6.11. The third kappa shape index (κ3) is 4.01. The van der Waals surface area contributed by atoms with E-state index in [-0.39, 0.29) is 0 Å². The SMILES string of the molecule is COc1ccccc1OCCN1CCN(c2ccccc2C)CC1. The summed E-state index contributed by atoms with van der Waals surface area (Å²) in [5, 5.41) is 0. The van der Waals surface area contributed by atoms with Gasteiger partial charge in [0.25, 0.3) is 0 Å². The van der Waals surface area contributed by atoms with E-state index in [9.17, 15) is 0 Å². The third-order valence-electron chi connectivity index (χ3n) is 4.56. The molecule has 0 unspecified atom stereocenters. The summed E-state index contributed by atoms with van der Waals surface area (Å²) in [6.07, 6.45) is 0. The summed E-state index contributed by atoms with van der Waals surface area (Å²) in [4.78, 5) is 4.94. The lowest BCUT2D eigenvalue weighted by atomic mass is 10.1. The third-order valence-corrected chi connectivity index (χ3v) is 4.56. The van der Waals surface area contributed by atoms with Crippen LogP contribution in [0.2, 0.25) is 0 Å². The molecule has 1 heterocycles. The molecule has 1 aliphatic rings. The predicted octanol–water partition coefficient (Wildman–Crippen LogP) is 3.20. The molecule has 4 heteroatoms. The number of benzene rings is 2. The van der Waals surface area contributed by atoms with Gasteiger partial charge in [0.15, 0.2) is 11.5 Å². The van der Waals surface area contributed by atoms with E-state index in [1.807, 2.05) is 24.3 Å². The van der Waals surface area contributed by atoms with Gasteiger partial charge in [0.1, 0.15) is 6.61 Å². The Morgan fingerprint density at radius 2 is 1.54 bits per heavy atom. The molecule has 0 aliphatic carbocycles. The number of piperazine rings is 1. The fourth-order valence-electron chi connectivity index (χ4n) is 3.15. The molecule has 2 aromatic carbocycles. The first-order valence-electron chi connectivity index (χ1n) is 8.56. The summed E-state index contributed by atoms with van der Waals surface area (Å²) in [6.45, 7) is 8.10. The monoisotopic (exact) mass is 326 g/mol. The lowest BCUT2D eigenvalue weighted by molar-refractivity contribution is 0.197. The Balaban J connectivity index is 1.45. The zero-order valence-corrected chi connectivity index (χ0v) is 14.6. The van der Waals surface area contributed by atoms with Gasteiger partial charge in [-0.05, 0) is 30.7 Å². The summed E-state index contributed by atoms with van der Waals surface area (Å²) in [5.74, 6) is 1.61. The quantitative estimate of drug-likeness (QED) is 0.814. The van der Waals surface area contributed by atoms with E-state index in [1.54, 1.807) is 7.11 Å². The van der Waals surface area contributed by atoms with Crippen molar-refractivity contribution in [1.29, 1.82) is 0 Å². The van der Waals surface area contributed by atoms with Crippen molar-refractivity contribution < 1.29 is 9.47 Å². The van der Waals surface area contributed by atoms with Crippen LogP contribution in [-0.2, 0) is 0 Å². The molecule has 0 saturated carbocycles. The lowest BCUT2D eigenvalue weighted by Gasteiger charge is -2.36. The van der Waals surface area contributed by atoms with Crippen LogP contribution in [0.25, 0.3) is 0 Å². The molecule has 24 heavy (non-hydrogen) atoms. The first-order valence-corrected chi connectivity index (χ1v) is 8.56. The number of nitrogens with zero attached hydrogens (tertiary/aromatic N) is 2. The fraction of sp³-hybridized carbons (Fsp3) is 0.400. The number of hydrogen-bond acceptors (Lipinski definition) is 4. The molecule has 0 bridgehead atoms. The lowest BCUT2D eigenvalue weighted by Crippen LogP contribution is -2.47. The van der Waals surface area contributed by atoms with E-state index in [4.69, 9.17) is 9.47 Å². The number of ether oxygens (including phenoxy) is 2. The average Bonchev–Trinajstić information content (AvgIpc) is 2.63. The highest BCUT2D eigenvalue weighted by atomic mass is 16.5. The molecule has 128 valence electrons. The second-order valence-corrected chi connectivity index (χ2v) is 6.11. The molecule has 3 rings (SSSR count). The first kappa shape index (κ1) is 16.7. The second kappa shape index (κ2) is 8.06.